The zero-order chi connectivity index (χ0) is 13.8. The van der Waals surface area contributed by atoms with Gasteiger partial charge in [-0.1, -0.05) is 12.5 Å². The fourth-order valence-corrected chi connectivity index (χ4v) is 1.55. The van der Waals surface area contributed by atoms with Crippen LogP contribution >= 0.6 is 0 Å². The van der Waals surface area contributed by atoms with Crippen LogP contribution in [0.2, 0.25) is 0 Å². The van der Waals surface area contributed by atoms with Crippen LogP contribution in [-0.2, 0) is 4.79 Å². The van der Waals surface area contributed by atoms with Gasteiger partial charge in [0.25, 0.3) is 0 Å². The van der Waals surface area contributed by atoms with E-state index in [1.54, 1.807) is 18.2 Å². The molecule has 0 aliphatic carbocycles. The number of hydrogen-bond acceptors (Lipinski definition) is 4. The zero-order valence-corrected chi connectivity index (χ0v) is 10.8. The monoisotopic (exact) mass is 258 g/mol. The Labute approximate surface area is 110 Å². The summed E-state index contributed by atoms with van der Waals surface area (Å²) >= 11 is 0. The Kier molecular flexibility index (Phi) is 3.80. The second-order valence-electron chi connectivity index (χ2n) is 4.22. The van der Waals surface area contributed by atoms with E-state index in [0.717, 1.165) is 17.4 Å². The summed E-state index contributed by atoms with van der Waals surface area (Å²) in [5, 5.41) is 0.777. The minimum Gasteiger partial charge on any atom is -0.423 e. The van der Waals surface area contributed by atoms with Crippen LogP contribution in [0.15, 0.2) is 51.2 Å². The van der Waals surface area contributed by atoms with Crippen molar-refractivity contribution in [3.05, 3.63) is 52.4 Å². The number of allylic oxidation sites excluding steroid dienone is 1. The number of carbonyl (C=O) groups excluding carboxylic acids is 1. The van der Waals surface area contributed by atoms with E-state index in [1.807, 2.05) is 13.8 Å². The van der Waals surface area contributed by atoms with E-state index in [-0.39, 0.29) is 0 Å². The summed E-state index contributed by atoms with van der Waals surface area (Å²) in [5.41, 5.74) is 0.906. The fourth-order valence-electron chi connectivity index (χ4n) is 1.55. The minimum absolute atomic E-state index is 0.354. The molecule has 0 bridgehead atoms. The molecule has 1 aromatic carbocycles. The van der Waals surface area contributed by atoms with Gasteiger partial charge in [0, 0.05) is 23.6 Å². The van der Waals surface area contributed by atoms with Crippen molar-refractivity contribution in [1.29, 1.82) is 0 Å². The Hall–Kier alpha value is -2.36. The summed E-state index contributed by atoms with van der Waals surface area (Å²) in [7, 11) is 0. The largest absolute Gasteiger partial charge is 0.423 e. The predicted octanol–water partition coefficient (Wildman–Crippen LogP) is 3.05. The summed E-state index contributed by atoms with van der Waals surface area (Å²) in [4.78, 5) is 22.7. The third kappa shape index (κ3) is 3.31. The Morgan fingerprint density at radius 3 is 2.79 bits per heavy atom. The van der Waals surface area contributed by atoms with Crippen molar-refractivity contribution in [2.75, 3.05) is 0 Å². The lowest BCUT2D eigenvalue weighted by Gasteiger charge is -2.03. The molecule has 1 aromatic heterocycles. The molecule has 98 valence electrons. The SMILES string of the molecule is CC/C(C)=C/C(=O)Oc1ccc2ccc(=O)oc2c1. The number of ether oxygens (including phenoxy) is 1. The summed E-state index contributed by atoms with van der Waals surface area (Å²) in [6, 6.07) is 7.94. The van der Waals surface area contributed by atoms with Gasteiger partial charge in [-0.3, -0.25) is 0 Å². The first-order valence-electron chi connectivity index (χ1n) is 6.01. The van der Waals surface area contributed by atoms with Crippen molar-refractivity contribution < 1.29 is 13.9 Å². The van der Waals surface area contributed by atoms with Crippen LogP contribution in [0.3, 0.4) is 0 Å². The molecule has 2 rings (SSSR count). The lowest BCUT2D eigenvalue weighted by Crippen LogP contribution is -2.05. The molecule has 0 radical (unpaired) electrons. The number of esters is 1. The summed E-state index contributed by atoms with van der Waals surface area (Å²) in [6.45, 7) is 3.82. The van der Waals surface area contributed by atoms with Gasteiger partial charge in [0.2, 0.25) is 0 Å². The first kappa shape index (κ1) is 13.1. The molecule has 0 N–H and O–H groups in total. The molecule has 0 amide bonds. The molecular weight excluding hydrogens is 244 g/mol. The fraction of sp³-hybridized carbons (Fsp3) is 0.200. The summed E-state index contributed by atoms with van der Waals surface area (Å²) < 4.78 is 10.2. The van der Waals surface area contributed by atoms with E-state index in [4.69, 9.17) is 9.15 Å². The molecule has 0 fully saturated rings. The maximum absolute atomic E-state index is 11.6. The van der Waals surface area contributed by atoms with Gasteiger partial charge < -0.3 is 9.15 Å². The lowest BCUT2D eigenvalue weighted by atomic mass is 10.2. The van der Waals surface area contributed by atoms with E-state index in [9.17, 15) is 9.59 Å². The second kappa shape index (κ2) is 5.52. The van der Waals surface area contributed by atoms with Crippen LogP contribution in [-0.4, -0.2) is 5.97 Å². The Morgan fingerprint density at radius 1 is 1.32 bits per heavy atom. The number of carbonyl (C=O) groups is 1. The molecule has 2 aromatic rings. The Morgan fingerprint density at radius 2 is 2.05 bits per heavy atom. The molecule has 19 heavy (non-hydrogen) atoms. The number of hydrogen-bond donors (Lipinski definition) is 0. The van der Waals surface area contributed by atoms with Crippen molar-refractivity contribution in [1.82, 2.24) is 0 Å². The van der Waals surface area contributed by atoms with Crippen molar-refractivity contribution in [2.45, 2.75) is 20.3 Å². The number of rotatable bonds is 3. The Balaban J connectivity index is 2.26. The molecule has 4 nitrogen and oxygen atoms in total. The molecule has 0 aliphatic rings. The van der Waals surface area contributed by atoms with E-state index >= 15 is 0 Å². The average Bonchev–Trinajstić information content (AvgIpc) is 2.37. The maximum Gasteiger partial charge on any atom is 0.336 e. The highest BCUT2D eigenvalue weighted by Gasteiger charge is 2.04. The van der Waals surface area contributed by atoms with Crippen molar-refractivity contribution in [2.24, 2.45) is 0 Å². The van der Waals surface area contributed by atoms with Crippen LogP contribution in [0, 0.1) is 0 Å². The van der Waals surface area contributed by atoms with Crippen molar-refractivity contribution in [3.63, 3.8) is 0 Å². The van der Waals surface area contributed by atoms with Crippen molar-refractivity contribution >= 4 is 16.9 Å². The zero-order valence-electron chi connectivity index (χ0n) is 10.8. The van der Waals surface area contributed by atoms with Crippen LogP contribution < -0.4 is 10.4 Å². The van der Waals surface area contributed by atoms with Gasteiger partial charge in [-0.15, -0.1) is 0 Å². The molecule has 0 aliphatic heterocycles. The molecule has 0 unspecified atom stereocenters. The van der Waals surface area contributed by atoms with E-state index in [0.29, 0.717) is 11.3 Å². The highest BCUT2D eigenvalue weighted by atomic mass is 16.5. The van der Waals surface area contributed by atoms with Crippen LogP contribution in [0.4, 0.5) is 0 Å². The summed E-state index contributed by atoms with van der Waals surface area (Å²) in [5.74, 6) is -0.0796. The number of fused-ring (bicyclic) bond motifs is 1. The van der Waals surface area contributed by atoms with E-state index < -0.39 is 11.6 Å². The van der Waals surface area contributed by atoms with Crippen LogP contribution in [0.5, 0.6) is 5.75 Å². The quantitative estimate of drug-likeness (QED) is 0.367. The Bertz CT molecular complexity index is 695. The third-order valence-electron chi connectivity index (χ3n) is 2.73. The molecule has 4 heteroatoms. The second-order valence-corrected chi connectivity index (χ2v) is 4.22. The molecule has 0 spiro atoms. The lowest BCUT2D eigenvalue weighted by molar-refractivity contribution is -0.129. The average molecular weight is 258 g/mol. The number of benzene rings is 1. The van der Waals surface area contributed by atoms with Gasteiger partial charge >= 0.3 is 11.6 Å². The summed E-state index contributed by atoms with van der Waals surface area (Å²) in [6.07, 6.45) is 2.24. The maximum atomic E-state index is 11.6. The van der Waals surface area contributed by atoms with Gasteiger partial charge in [0.1, 0.15) is 11.3 Å². The van der Waals surface area contributed by atoms with Gasteiger partial charge in [-0.2, -0.15) is 0 Å². The van der Waals surface area contributed by atoms with Gasteiger partial charge in [0.15, 0.2) is 0 Å². The molecule has 0 saturated heterocycles. The van der Waals surface area contributed by atoms with Crippen molar-refractivity contribution in [3.8, 4) is 5.75 Å². The van der Waals surface area contributed by atoms with Gasteiger partial charge in [-0.25, -0.2) is 9.59 Å². The smallest absolute Gasteiger partial charge is 0.336 e. The molecule has 0 saturated carbocycles. The molecular formula is C15H14O4. The minimum atomic E-state index is -0.433. The van der Waals surface area contributed by atoms with Crippen LogP contribution in [0.1, 0.15) is 20.3 Å². The topological polar surface area (TPSA) is 56.5 Å². The molecule has 0 atom stereocenters. The molecule has 1 heterocycles. The van der Waals surface area contributed by atoms with Crippen LogP contribution in [0.25, 0.3) is 11.0 Å². The third-order valence-corrected chi connectivity index (χ3v) is 2.73. The van der Waals surface area contributed by atoms with Gasteiger partial charge in [-0.05, 0) is 31.5 Å². The first-order valence-corrected chi connectivity index (χ1v) is 6.01. The van der Waals surface area contributed by atoms with E-state index in [2.05, 4.69) is 0 Å². The standard InChI is InChI=1S/C15H14O4/c1-3-10(2)8-15(17)18-12-6-4-11-5-7-14(16)19-13(11)9-12/h4-9H,3H2,1-2H3/b10-8+. The highest BCUT2D eigenvalue weighted by molar-refractivity contribution is 5.86. The first-order chi connectivity index (χ1) is 9.08. The van der Waals surface area contributed by atoms with Gasteiger partial charge in [0.05, 0.1) is 0 Å². The normalized spacial score (nSPS) is 11.6. The predicted molar refractivity (Wildman–Crippen MR) is 72.2 cm³/mol. The highest BCUT2D eigenvalue weighted by Crippen LogP contribution is 2.19. The van der Waals surface area contributed by atoms with E-state index in [1.165, 1.54) is 18.2 Å².